The van der Waals surface area contributed by atoms with Crippen LogP contribution in [0.4, 0.5) is 0 Å². The Kier molecular flexibility index (Phi) is 7.92. The molecule has 1 unspecified atom stereocenters. The molecule has 4 aliphatic rings. The maximum atomic E-state index is 12.1. The summed E-state index contributed by atoms with van der Waals surface area (Å²) in [7, 11) is 1.53. The van der Waals surface area contributed by atoms with Crippen molar-refractivity contribution in [2.24, 2.45) is 5.11 Å². The SMILES string of the molecule is CO[C@@H]1O[C@@H](C)[C@H](O[C@@H]2O[C@@H]3COC(c4ccccc4)O[C@@H]3[C@H](OC(C)=O)[C@H]2N=[N+]=[N-])[C@H]2OC(C)(C)O[C@@H]12. The van der Waals surface area contributed by atoms with Crippen LogP contribution in [-0.4, -0.2) is 86.8 Å². The maximum Gasteiger partial charge on any atom is 0.303 e. The highest BCUT2D eigenvalue weighted by Gasteiger charge is 2.58. The average Bonchev–Trinajstić information content (AvgIpc) is 3.22. The zero-order chi connectivity index (χ0) is 27.0. The number of carbonyl (C=O) groups excluding carboxylic acids is 1. The third-order valence-electron chi connectivity index (χ3n) is 6.96. The van der Waals surface area contributed by atoms with Gasteiger partial charge in [-0.25, -0.2) is 0 Å². The summed E-state index contributed by atoms with van der Waals surface area (Å²) in [6.07, 6.45) is -7.27. The first-order valence-corrected chi connectivity index (χ1v) is 12.6. The molecule has 4 saturated heterocycles. The molecule has 0 aliphatic carbocycles. The topological polar surface area (TPSA) is 149 Å². The highest BCUT2D eigenvalue weighted by Crippen LogP contribution is 2.42. The van der Waals surface area contributed by atoms with Crippen molar-refractivity contribution in [1.29, 1.82) is 0 Å². The van der Waals surface area contributed by atoms with Crippen LogP contribution in [0.3, 0.4) is 0 Å². The second kappa shape index (κ2) is 11.0. The van der Waals surface area contributed by atoms with E-state index in [0.29, 0.717) is 0 Å². The normalized spacial score (nSPS) is 41.9. The van der Waals surface area contributed by atoms with Crippen LogP contribution in [0.5, 0.6) is 0 Å². The summed E-state index contributed by atoms with van der Waals surface area (Å²) in [6.45, 7) is 6.81. The van der Waals surface area contributed by atoms with Crippen molar-refractivity contribution in [3.05, 3.63) is 46.3 Å². The van der Waals surface area contributed by atoms with Crippen molar-refractivity contribution in [2.75, 3.05) is 13.7 Å². The standard InChI is InChI=1S/C25H33N3O10/c1-12-17(20-21(24(30-5)32-12)38-25(3,4)37-20)35-23-16(27-28-26)19(33-13(2)29)18-15(34-23)11-31-22(36-18)14-9-7-6-8-10-14/h6-10,12,15-24H,11H2,1-5H3/t12-,15+,16+,17-,18-,19+,20+,21+,22?,23-,24+/m0/s1. The van der Waals surface area contributed by atoms with Gasteiger partial charge in [0.1, 0.15) is 42.7 Å². The minimum absolute atomic E-state index is 0.131. The molecule has 1 aromatic rings. The number of esters is 1. The van der Waals surface area contributed by atoms with Crippen LogP contribution in [-0.2, 0) is 47.4 Å². The molecule has 0 radical (unpaired) electrons. The first-order valence-electron chi connectivity index (χ1n) is 12.6. The number of hydrogen-bond donors (Lipinski definition) is 0. The van der Waals surface area contributed by atoms with Gasteiger partial charge in [-0.05, 0) is 26.3 Å². The summed E-state index contributed by atoms with van der Waals surface area (Å²) in [5, 5.41) is 3.92. The molecule has 0 amide bonds. The molecule has 0 aromatic heterocycles. The largest absolute Gasteiger partial charge is 0.459 e. The zero-order valence-corrected chi connectivity index (χ0v) is 21.9. The molecule has 0 saturated carbocycles. The van der Waals surface area contributed by atoms with Crippen molar-refractivity contribution < 1.29 is 47.4 Å². The van der Waals surface area contributed by atoms with Crippen LogP contribution in [0.15, 0.2) is 35.4 Å². The number of azide groups is 1. The fraction of sp³-hybridized carbons (Fsp3) is 0.720. The number of benzene rings is 1. The number of ether oxygens (including phenoxy) is 9. The molecule has 4 aliphatic heterocycles. The van der Waals surface area contributed by atoms with Crippen LogP contribution in [0, 0.1) is 0 Å². The summed E-state index contributed by atoms with van der Waals surface area (Å²) in [5.41, 5.74) is 10.2. The fourth-order valence-corrected chi connectivity index (χ4v) is 5.41. The summed E-state index contributed by atoms with van der Waals surface area (Å²) in [4.78, 5) is 15.1. The first-order chi connectivity index (χ1) is 18.2. The van der Waals surface area contributed by atoms with E-state index in [0.717, 1.165) is 5.56 Å². The molecule has 4 fully saturated rings. The first kappa shape index (κ1) is 27.3. The predicted molar refractivity (Wildman–Crippen MR) is 127 cm³/mol. The van der Waals surface area contributed by atoms with E-state index in [1.165, 1.54) is 14.0 Å². The molecule has 0 bridgehead atoms. The molecule has 208 valence electrons. The van der Waals surface area contributed by atoms with Crippen LogP contribution in [0.25, 0.3) is 10.4 Å². The summed E-state index contributed by atoms with van der Waals surface area (Å²) in [6, 6.07) is 8.28. The predicted octanol–water partition coefficient (Wildman–Crippen LogP) is 2.73. The Labute approximate surface area is 220 Å². The van der Waals surface area contributed by atoms with Gasteiger partial charge in [-0.2, -0.15) is 0 Å². The van der Waals surface area contributed by atoms with Crippen LogP contribution in [0.1, 0.15) is 39.5 Å². The smallest absolute Gasteiger partial charge is 0.303 e. The maximum absolute atomic E-state index is 12.1. The van der Waals surface area contributed by atoms with Gasteiger partial charge in [0.15, 0.2) is 24.7 Å². The van der Waals surface area contributed by atoms with Gasteiger partial charge in [0, 0.05) is 24.5 Å². The monoisotopic (exact) mass is 535 g/mol. The van der Waals surface area contributed by atoms with Gasteiger partial charge in [-0.3, -0.25) is 4.79 Å². The molecule has 38 heavy (non-hydrogen) atoms. The van der Waals surface area contributed by atoms with E-state index in [9.17, 15) is 10.3 Å². The van der Waals surface area contributed by atoms with E-state index in [2.05, 4.69) is 10.0 Å². The number of hydrogen-bond acceptors (Lipinski definition) is 11. The van der Waals surface area contributed by atoms with Gasteiger partial charge < -0.3 is 42.6 Å². The minimum Gasteiger partial charge on any atom is -0.459 e. The van der Waals surface area contributed by atoms with Crippen molar-refractivity contribution in [3.63, 3.8) is 0 Å². The highest BCUT2D eigenvalue weighted by molar-refractivity contribution is 5.66. The number of rotatable bonds is 6. The van der Waals surface area contributed by atoms with E-state index in [1.54, 1.807) is 13.8 Å². The molecule has 1 aromatic carbocycles. The van der Waals surface area contributed by atoms with Gasteiger partial charge in [-0.15, -0.1) is 0 Å². The number of nitrogens with zero attached hydrogens (tertiary/aromatic N) is 3. The van der Waals surface area contributed by atoms with Crippen molar-refractivity contribution in [1.82, 2.24) is 0 Å². The lowest BCUT2D eigenvalue weighted by Crippen LogP contribution is -2.65. The number of carbonyl (C=O) groups is 1. The number of methoxy groups -OCH3 is 1. The minimum atomic E-state index is -1.12. The lowest BCUT2D eigenvalue weighted by atomic mass is 9.95. The second-order valence-electron chi connectivity index (χ2n) is 10.1. The molecular formula is C25H33N3O10. The van der Waals surface area contributed by atoms with Gasteiger partial charge >= 0.3 is 5.97 Å². The van der Waals surface area contributed by atoms with Gasteiger partial charge in [0.05, 0.1) is 12.7 Å². The Hall–Kier alpha value is -2.32. The van der Waals surface area contributed by atoms with Crippen LogP contribution >= 0.6 is 0 Å². The van der Waals surface area contributed by atoms with Gasteiger partial charge in [0.25, 0.3) is 0 Å². The van der Waals surface area contributed by atoms with Crippen molar-refractivity contribution in [3.8, 4) is 0 Å². The lowest BCUT2D eigenvalue weighted by molar-refractivity contribution is -0.361. The molecular weight excluding hydrogens is 502 g/mol. The Balaban J connectivity index is 1.41. The van der Waals surface area contributed by atoms with E-state index in [4.69, 9.17) is 42.6 Å². The van der Waals surface area contributed by atoms with Crippen molar-refractivity contribution >= 4 is 5.97 Å². The van der Waals surface area contributed by atoms with E-state index in [1.807, 2.05) is 37.3 Å². The Morgan fingerprint density at radius 3 is 2.47 bits per heavy atom. The summed E-state index contributed by atoms with van der Waals surface area (Å²) < 4.78 is 54.1. The van der Waals surface area contributed by atoms with Crippen LogP contribution < -0.4 is 0 Å². The molecule has 13 nitrogen and oxygen atoms in total. The molecule has 5 rings (SSSR count). The summed E-state index contributed by atoms with van der Waals surface area (Å²) in [5.74, 6) is -1.47. The molecule has 13 heteroatoms. The fourth-order valence-electron chi connectivity index (χ4n) is 5.41. The average molecular weight is 536 g/mol. The van der Waals surface area contributed by atoms with Gasteiger partial charge in [0.2, 0.25) is 0 Å². The highest BCUT2D eigenvalue weighted by atomic mass is 16.8. The molecule has 4 heterocycles. The molecule has 11 atom stereocenters. The summed E-state index contributed by atoms with van der Waals surface area (Å²) >= 11 is 0. The quantitative estimate of drug-likeness (QED) is 0.230. The van der Waals surface area contributed by atoms with E-state index >= 15 is 0 Å². The van der Waals surface area contributed by atoms with Crippen molar-refractivity contribution in [2.45, 2.75) is 101 Å². The Morgan fingerprint density at radius 1 is 1.05 bits per heavy atom. The van der Waals surface area contributed by atoms with Gasteiger partial charge in [-0.1, -0.05) is 35.4 Å². The zero-order valence-electron chi connectivity index (χ0n) is 21.9. The second-order valence-corrected chi connectivity index (χ2v) is 10.1. The number of fused-ring (bicyclic) bond motifs is 2. The Morgan fingerprint density at radius 2 is 1.79 bits per heavy atom. The third-order valence-corrected chi connectivity index (χ3v) is 6.96. The Bertz CT molecular complexity index is 1040. The van der Waals surface area contributed by atoms with Crippen LogP contribution in [0.2, 0.25) is 0 Å². The third kappa shape index (κ3) is 5.39. The van der Waals surface area contributed by atoms with E-state index in [-0.39, 0.29) is 6.61 Å². The molecule has 0 spiro atoms. The lowest BCUT2D eigenvalue weighted by Gasteiger charge is -2.49. The molecule has 0 N–H and O–H groups in total. The van der Waals surface area contributed by atoms with E-state index < -0.39 is 79.4 Å².